The predicted octanol–water partition coefficient (Wildman–Crippen LogP) is 7.47. The Hall–Kier alpha value is -5.25. The van der Waals surface area contributed by atoms with Crippen molar-refractivity contribution in [1.82, 2.24) is 4.57 Å². The van der Waals surface area contributed by atoms with Gasteiger partial charge >= 0.3 is 11.9 Å². The van der Waals surface area contributed by atoms with Crippen LogP contribution in [-0.4, -0.2) is 29.7 Å². The number of carbonyl (C=O) groups excluding carboxylic acids is 2. The second-order valence-electron chi connectivity index (χ2n) is 12.1. The van der Waals surface area contributed by atoms with E-state index in [0.717, 1.165) is 22.3 Å². The van der Waals surface area contributed by atoms with Crippen LogP contribution in [0.4, 0.5) is 0 Å². The predicted molar refractivity (Wildman–Crippen MR) is 200 cm³/mol. The van der Waals surface area contributed by atoms with E-state index in [1.807, 2.05) is 54.6 Å². The maximum atomic E-state index is 14.5. The molecule has 1 aliphatic heterocycles. The summed E-state index contributed by atoms with van der Waals surface area (Å²) in [5.41, 5.74) is 4.97. The second kappa shape index (κ2) is 15.7. The molecule has 51 heavy (non-hydrogen) atoms. The van der Waals surface area contributed by atoms with E-state index < -0.39 is 12.0 Å². The summed E-state index contributed by atoms with van der Waals surface area (Å²) >= 11 is 7.67. The molecular weight excluding hydrogens is 684 g/mol. The van der Waals surface area contributed by atoms with E-state index in [1.165, 1.54) is 11.3 Å². The first-order valence-corrected chi connectivity index (χ1v) is 17.9. The first kappa shape index (κ1) is 35.6. The van der Waals surface area contributed by atoms with Gasteiger partial charge in [-0.25, -0.2) is 14.6 Å². The molecule has 2 heterocycles. The molecule has 5 aromatic rings. The molecule has 0 amide bonds. The molecule has 8 nitrogen and oxygen atoms in total. The first-order chi connectivity index (χ1) is 24.7. The number of rotatable bonds is 11. The molecule has 0 spiro atoms. The first-order valence-electron chi connectivity index (χ1n) is 16.7. The van der Waals surface area contributed by atoms with Gasteiger partial charge in [-0.2, -0.15) is 0 Å². The fourth-order valence-corrected chi connectivity index (χ4v) is 7.01. The molecular formula is C41H37ClN2O6S. The van der Waals surface area contributed by atoms with Gasteiger partial charge in [0.05, 0.1) is 40.6 Å². The van der Waals surface area contributed by atoms with E-state index in [-0.39, 0.29) is 24.7 Å². The van der Waals surface area contributed by atoms with E-state index in [0.29, 0.717) is 55.0 Å². The van der Waals surface area contributed by atoms with E-state index in [1.54, 1.807) is 67.0 Å². The monoisotopic (exact) mass is 720 g/mol. The fourth-order valence-electron chi connectivity index (χ4n) is 5.84. The maximum Gasteiger partial charge on any atom is 0.338 e. The molecule has 1 aliphatic rings. The minimum atomic E-state index is -0.786. The van der Waals surface area contributed by atoms with Gasteiger partial charge in [0.1, 0.15) is 12.4 Å². The third-order valence-corrected chi connectivity index (χ3v) is 9.63. The minimum absolute atomic E-state index is 0.168. The van der Waals surface area contributed by atoms with Gasteiger partial charge < -0.3 is 14.2 Å². The smallest absolute Gasteiger partial charge is 0.338 e. The van der Waals surface area contributed by atoms with Crippen LogP contribution >= 0.6 is 22.9 Å². The van der Waals surface area contributed by atoms with E-state index in [2.05, 4.69) is 13.8 Å². The zero-order chi connectivity index (χ0) is 36.1. The Balaban J connectivity index is 1.46. The van der Waals surface area contributed by atoms with Crippen molar-refractivity contribution < 1.29 is 23.8 Å². The molecule has 0 aliphatic carbocycles. The molecule has 0 saturated carbocycles. The highest BCUT2D eigenvalue weighted by Gasteiger charge is 2.35. The van der Waals surface area contributed by atoms with Crippen LogP contribution in [0.1, 0.15) is 77.8 Å². The van der Waals surface area contributed by atoms with Crippen molar-refractivity contribution in [3.8, 4) is 5.75 Å². The number of thiazole rings is 1. The standard InChI is InChI=1S/C41H37ClN2O6S/c1-5-48-39(46)30-14-12-26(13-15-30)24-50-33-21-20-32(42)22-31(33)23-34-38(45)44-37(29-18-16-27(17-19-29)25(3)4)35(40(47)49-6-2)36(43-41(44)51-34)28-10-8-7-9-11-28/h7-23,25,37H,5-6,24H2,1-4H3/b34-23-/t37-/m1/s1. The molecule has 1 atom stereocenters. The summed E-state index contributed by atoms with van der Waals surface area (Å²) in [5, 5.41) is 0.472. The quantitative estimate of drug-likeness (QED) is 0.132. The van der Waals surface area contributed by atoms with Crippen LogP contribution in [0.3, 0.4) is 0 Å². The molecule has 1 aromatic heterocycles. The maximum absolute atomic E-state index is 14.5. The Morgan fingerprint density at radius 3 is 2.25 bits per heavy atom. The van der Waals surface area contributed by atoms with Crippen molar-refractivity contribution in [1.29, 1.82) is 0 Å². The molecule has 0 bridgehead atoms. The number of aromatic nitrogens is 1. The number of fused-ring (bicyclic) bond motifs is 1. The van der Waals surface area contributed by atoms with Gasteiger partial charge in [-0.05, 0) is 72.9 Å². The van der Waals surface area contributed by atoms with Gasteiger partial charge in [-0.3, -0.25) is 9.36 Å². The normalized spacial score (nSPS) is 14.2. The van der Waals surface area contributed by atoms with E-state index in [4.69, 9.17) is 30.8 Å². The van der Waals surface area contributed by atoms with Gasteiger partial charge in [0, 0.05) is 16.1 Å². The van der Waals surface area contributed by atoms with Gasteiger partial charge in [-0.1, -0.05) is 104 Å². The summed E-state index contributed by atoms with van der Waals surface area (Å²) in [6, 6.07) is 28.9. The third kappa shape index (κ3) is 7.75. The van der Waals surface area contributed by atoms with Gasteiger partial charge in [-0.15, -0.1) is 0 Å². The Kier molecular flexibility index (Phi) is 11.0. The zero-order valence-corrected chi connectivity index (χ0v) is 30.3. The van der Waals surface area contributed by atoms with E-state index in [9.17, 15) is 14.4 Å². The lowest BCUT2D eigenvalue weighted by atomic mass is 9.91. The van der Waals surface area contributed by atoms with Crippen molar-refractivity contribution in [3.63, 3.8) is 0 Å². The van der Waals surface area contributed by atoms with Crippen molar-refractivity contribution >= 4 is 46.6 Å². The van der Waals surface area contributed by atoms with Gasteiger partial charge in [0.25, 0.3) is 5.56 Å². The number of ether oxygens (including phenoxy) is 3. The molecule has 0 saturated heterocycles. The highest BCUT2D eigenvalue weighted by atomic mass is 35.5. The number of benzene rings is 4. The topological polar surface area (TPSA) is 96.2 Å². The third-order valence-electron chi connectivity index (χ3n) is 8.41. The Bertz CT molecular complexity index is 2270. The zero-order valence-electron chi connectivity index (χ0n) is 28.7. The lowest BCUT2D eigenvalue weighted by Crippen LogP contribution is -2.40. The average Bonchev–Trinajstić information content (AvgIpc) is 3.45. The Morgan fingerprint density at radius 1 is 0.902 bits per heavy atom. The molecule has 0 N–H and O–H groups in total. The van der Waals surface area contributed by atoms with Gasteiger partial charge in [0.2, 0.25) is 0 Å². The highest BCUT2D eigenvalue weighted by molar-refractivity contribution is 7.07. The number of carbonyl (C=O) groups is 2. The lowest BCUT2D eigenvalue weighted by Gasteiger charge is -2.26. The van der Waals surface area contributed by atoms with E-state index >= 15 is 0 Å². The van der Waals surface area contributed by atoms with Crippen LogP contribution in [0.25, 0.3) is 11.8 Å². The SMILES string of the molecule is CCOC(=O)C1=C(c2ccccc2)N=c2s/c(=C\c3cc(Cl)ccc3OCc3ccc(C(=O)OCC)cc3)c(=O)n2[C@@H]1c1ccc(C(C)C)cc1. The van der Waals surface area contributed by atoms with Crippen LogP contribution in [0.15, 0.2) is 112 Å². The number of hydrogen-bond donors (Lipinski definition) is 0. The van der Waals surface area contributed by atoms with Crippen LogP contribution in [0, 0.1) is 0 Å². The van der Waals surface area contributed by atoms with Crippen LogP contribution in [-0.2, 0) is 20.9 Å². The fraction of sp³-hybridized carbons (Fsp3) is 0.220. The number of esters is 2. The molecule has 6 rings (SSSR count). The Labute approximate surface area is 304 Å². The summed E-state index contributed by atoms with van der Waals surface area (Å²) < 4.78 is 18.8. The lowest BCUT2D eigenvalue weighted by molar-refractivity contribution is -0.138. The molecule has 0 fully saturated rings. The number of halogens is 1. The highest BCUT2D eigenvalue weighted by Crippen LogP contribution is 2.36. The number of nitrogens with zero attached hydrogens (tertiary/aromatic N) is 2. The second-order valence-corrected chi connectivity index (χ2v) is 13.6. The number of hydrogen-bond acceptors (Lipinski definition) is 8. The average molecular weight is 721 g/mol. The molecule has 260 valence electrons. The Morgan fingerprint density at radius 2 is 1.59 bits per heavy atom. The molecule has 0 unspecified atom stereocenters. The summed E-state index contributed by atoms with van der Waals surface area (Å²) in [6.45, 7) is 8.43. The molecule has 10 heteroatoms. The van der Waals surface area contributed by atoms with Crippen molar-refractivity contribution in [2.75, 3.05) is 13.2 Å². The van der Waals surface area contributed by atoms with Crippen LogP contribution in [0.2, 0.25) is 5.02 Å². The van der Waals surface area contributed by atoms with Crippen molar-refractivity contribution in [2.45, 2.75) is 46.3 Å². The summed E-state index contributed by atoms with van der Waals surface area (Å²) in [5.74, 6) is -0.101. The summed E-state index contributed by atoms with van der Waals surface area (Å²) in [6.07, 6.45) is 1.74. The summed E-state index contributed by atoms with van der Waals surface area (Å²) in [7, 11) is 0. The van der Waals surface area contributed by atoms with Crippen molar-refractivity contribution in [3.05, 3.63) is 161 Å². The molecule has 0 radical (unpaired) electrons. The summed E-state index contributed by atoms with van der Waals surface area (Å²) in [4.78, 5) is 45.7. The van der Waals surface area contributed by atoms with Crippen molar-refractivity contribution in [2.24, 2.45) is 4.99 Å². The van der Waals surface area contributed by atoms with Crippen LogP contribution in [0.5, 0.6) is 5.75 Å². The molecule has 4 aromatic carbocycles. The van der Waals surface area contributed by atoms with Crippen LogP contribution < -0.4 is 19.6 Å². The van der Waals surface area contributed by atoms with Gasteiger partial charge in [0.15, 0.2) is 4.80 Å². The largest absolute Gasteiger partial charge is 0.488 e. The minimum Gasteiger partial charge on any atom is -0.488 e.